The molecule has 1 fully saturated rings. The Morgan fingerprint density at radius 2 is 1.88 bits per heavy atom. The normalized spacial score (nSPS) is 14.7. The maximum atomic E-state index is 11.0. The van der Waals surface area contributed by atoms with Gasteiger partial charge in [0.1, 0.15) is 0 Å². The Kier molecular flexibility index (Phi) is 5.46. The number of aliphatic imine (C=N–C) groups is 1. The number of ether oxygens (including phenoxy) is 1. The molecule has 5 nitrogen and oxygen atoms in total. The predicted molar refractivity (Wildman–Crippen MR) is 102 cm³/mol. The summed E-state index contributed by atoms with van der Waals surface area (Å²) in [6.07, 6.45) is 1.88. The summed E-state index contributed by atoms with van der Waals surface area (Å²) in [6.45, 7) is 7.05. The third-order valence-corrected chi connectivity index (χ3v) is 4.17. The number of rotatable bonds is 4. The highest BCUT2D eigenvalue weighted by Crippen LogP contribution is 2.21. The van der Waals surface area contributed by atoms with Crippen LogP contribution < -0.4 is 10.2 Å². The zero-order chi connectivity index (χ0) is 17.6. The van der Waals surface area contributed by atoms with Crippen molar-refractivity contribution in [2.24, 2.45) is 4.99 Å². The summed E-state index contributed by atoms with van der Waals surface area (Å²) >= 11 is 0. The van der Waals surface area contributed by atoms with Crippen molar-refractivity contribution in [3.05, 3.63) is 53.6 Å². The lowest BCUT2D eigenvalue weighted by atomic mass is 10.1. The van der Waals surface area contributed by atoms with E-state index in [1.165, 1.54) is 18.2 Å². The van der Waals surface area contributed by atoms with Crippen molar-refractivity contribution in [3.8, 4) is 0 Å². The van der Waals surface area contributed by atoms with E-state index in [0.717, 1.165) is 43.2 Å². The summed E-state index contributed by atoms with van der Waals surface area (Å²) in [4.78, 5) is 17.9. The second kappa shape index (κ2) is 7.94. The molecular weight excluding hydrogens is 314 g/mol. The summed E-state index contributed by atoms with van der Waals surface area (Å²) in [5.74, 6) is -0.0766. The van der Waals surface area contributed by atoms with Crippen LogP contribution in [0.2, 0.25) is 0 Å². The van der Waals surface area contributed by atoms with Crippen molar-refractivity contribution in [1.82, 2.24) is 0 Å². The molecule has 1 saturated heterocycles. The second-order valence-electron chi connectivity index (χ2n) is 6.13. The molecule has 0 atom stereocenters. The zero-order valence-electron chi connectivity index (χ0n) is 14.7. The van der Waals surface area contributed by atoms with Crippen molar-refractivity contribution < 1.29 is 9.53 Å². The molecule has 1 aliphatic heterocycles. The van der Waals surface area contributed by atoms with Gasteiger partial charge in [0.15, 0.2) is 0 Å². The lowest BCUT2D eigenvalue weighted by Crippen LogP contribution is -2.36. The number of benzene rings is 2. The number of morpholine rings is 1. The van der Waals surface area contributed by atoms with Gasteiger partial charge in [0.2, 0.25) is 5.91 Å². The number of hydrogen-bond donors (Lipinski definition) is 1. The fourth-order valence-corrected chi connectivity index (χ4v) is 2.80. The molecule has 0 saturated carbocycles. The van der Waals surface area contributed by atoms with E-state index >= 15 is 0 Å². The van der Waals surface area contributed by atoms with Crippen LogP contribution in [0.1, 0.15) is 18.1 Å². The monoisotopic (exact) mass is 337 g/mol. The Morgan fingerprint density at radius 1 is 1.16 bits per heavy atom. The standard InChI is InChI=1S/C20H23N3O2/c1-15-13-20(23-9-11-25-12-10-23)8-3-17(15)14-21-18-4-6-19(7-5-18)22-16(2)24/h3-8,13-14H,9-12H2,1-2H3,(H,22,24). The van der Waals surface area contributed by atoms with Crippen LogP contribution in [0, 0.1) is 6.92 Å². The molecule has 0 aliphatic carbocycles. The van der Waals surface area contributed by atoms with Crippen molar-refractivity contribution in [2.45, 2.75) is 13.8 Å². The summed E-state index contributed by atoms with van der Waals surface area (Å²) in [7, 11) is 0. The fourth-order valence-electron chi connectivity index (χ4n) is 2.80. The summed E-state index contributed by atoms with van der Waals surface area (Å²) in [6, 6.07) is 13.9. The molecule has 2 aromatic rings. The van der Waals surface area contributed by atoms with Crippen LogP contribution >= 0.6 is 0 Å². The minimum Gasteiger partial charge on any atom is -0.378 e. The molecule has 0 aromatic heterocycles. The van der Waals surface area contributed by atoms with Crippen LogP contribution in [0.4, 0.5) is 17.1 Å². The minimum absolute atomic E-state index is 0.0766. The molecule has 0 radical (unpaired) electrons. The van der Waals surface area contributed by atoms with Gasteiger partial charge in [-0.1, -0.05) is 6.07 Å². The molecule has 1 aliphatic rings. The van der Waals surface area contributed by atoms with Crippen LogP contribution in [0.5, 0.6) is 0 Å². The van der Waals surface area contributed by atoms with Crippen molar-refractivity contribution in [2.75, 3.05) is 36.5 Å². The molecule has 5 heteroatoms. The number of amides is 1. The summed E-state index contributed by atoms with van der Waals surface area (Å²) in [5.41, 5.74) is 5.16. The van der Waals surface area contributed by atoms with Crippen LogP contribution in [0.25, 0.3) is 0 Å². The maximum absolute atomic E-state index is 11.0. The Balaban J connectivity index is 1.69. The van der Waals surface area contributed by atoms with Crippen LogP contribution in [0.15, 0.2) is 47.5 Å². The van der Waals surface area contributed by atoms with Gasteiger partial charge in [0.25, 0.3) is 0 Å². The Bertz CT molecular complexity index is 763. The molecule has 0 bridgehead atoms. The number of anilines is 2. The molecule has 1 N–H and O–H groups in total. The van der Waals surface area contributed by atoms with Crippen LogP contribution in [-0.2, 0) is 9.53 Å². The first-order chi connectivity index (χ1) is 12.1. The largest absolute Gasteiger partial charge is 0.378 e. The number of hydrogen-bond acceptors (Lipinski definition) is 4. The molecular formula is C20H23N3O2. The summed E-state index contributed by atoms with van der Waals surface area (Å²) in [5, 5.41) is 2.75. The van der Waals surface area contributed by atoms with E-state index < -0.39 is 0 Å². The van der Waals surface area contributed by atoms with Gasteiger partial charge in [-0.05, 0) is 54.4 Å². The molecule has 130 valence electrons. The van der Waals surface area contributed by atoms with Crippen molar-refractivity contribution >= 4 is 29.2 Å². The Labute approximate surface area is 148 Å². The van der Waals surface area contributed by atoms with E-state index in [1.807, 2.05) is 30.5 Å². The van der Waals surface area contributed by atoms with Gasteiger partial charge in [-0.3, -0.25) is 9.79 Å². The van der Waals surface area contributed by atoms with Crippen molar-refractivity contribution in [3.63, 3.8) is 0 Å². The van der Waals surface area contributed by atoms with Gasteiger partial charge >= 0.3 is 0 Å². The van der Waals surface area contributed by atoms with E-state index in [-0.39, 0.29) is 5.91 Å². The smallest absolute Gasteiger partial charge is 0.221 e. The molecule has 25 heavy (non-hydrogen) atoms. The quantitative estimate of drug-likeness (QED) is 0.868. The average molecular weight is 337 g/mol. The van der Waals surface area contributed by atoms with E-state index in [4.69, 9.17) is 4.74 Å². The van der Waals surface area contributed by atoms with E-state index in [2.05, 4.69) is 40.3 Å². The number of carbonyl (C=O) groups excluding carboxylic acids is 1. The van der Waals surface area contributed by atoms with Gasteiger partial charge in [0, 0.05) is 37.6 Å². The Morgan fingerprint density at radius 3 is 2.52 bits per heavy atom. The lowest BCUT2D eigenvalue weighted by molar-refractivity contribution is -0.114. The van der Waals surface area contributed by atoms with E-state index in [9.17, 15) is 4.79 Å². The first-order valence-corrected chi connectivity index (χ1v) is 8.47. The number of carbonyl (C=O) groups is 1. The van der Waals surface area contributed by atoms with E-state index in [0.29, 0.717) is 0 Å². The number of nitrogens with one attached hydrogen (secondary N) is 1. The molecule has 0 unspecified atom stereocenters. The van der Waals surface area contributed by atoms with Gasteiger partial charge in [-0.2, -0.15) is 0 Å². The second-order valence-corrected chi connectivity index (χ2v) is 6.13. The third kappa shape index (κ3) is 4.67. The highest BCUT2D eigenvalue weighted by atomic mass is 16.5. The van der Waals surface area contributed by atoms with Crippen LogP contribution in [-0.4, -0.2) is 38.4 Å². The van der Waals surface area contributed by atoms with Crippen molar-refractivity contribution in [1.29, 1.82) is 0 Å². The van der Waals surface area contributed by atoms with Gasteiger partial charge < -0.3 is 15.0 Å². The first kappa shape index (κ1) is 17.2. The highest BCUT2D eigenvalue weighted by molar-refractivity contribution is 5.89. The number of nitrogens with zero attached hydrogens (tertiary/aromatic N) is 2. The fraction of sp³-hybridized carbons (Fsp3) is 0.300. The topological polar surface area (TPSA) is 53.9 Å². The highest BCUT2D eigenvalue weighted by Gasteiger charge is 2.11. The molecule has 1 amide bonds. The maximum Gasteiger partial charge on any atom is 0.221 e. The predicted octanol–water partition coefficient (Wildman–Crippen LogP) is 3.54. The van der Waals surface area contributed by atoms with Gasteiger partial charge in [0.05, 0.1) is 18.9 Å². The van der Waals surface area contributed by atoms with Gasteiger partial charge in [-0.15, -0.1) is 0 Å². The average Bonchev–Trinajstić information content (AvgIpc) is 2.62. The molecule has 3 rings (SSSR count). The molecule has 1 heterocycles. The first-order valence-electron chi connectivity index (χ1n) is 8.47. The summed E-state index contributed by atoms with van der Waals surface area (Å²) < 4.78 is 5.41. The zero-order valence-corrected chi connectivity index (χ0v) is 14.7. The molecule has 0 spiro atoms. The van der Waals surface area contributed by atoms with Gasteiger partial charge in [-0.25, -0.2) is 0 Å². The lowest BCUT2D eigenvalue weighted by Gasteiger charge is -2.29. The third-order valence-electron chi connectivity index (χ3n) is 4.17. The van der Waals surface area contributed by atoms with E-state index in [1.54, 1.807) is 0 Å². The molecule has 2 aromatic carbocycles. The van der Waals surface area contributed by atoms with Crippen LogP contribution in [0.3, 0.4) is 0 Å². The SMILES string of the molecule is CC(=O)Nc1ccc(N=Cc2ccc(N3CCOCC3)cc2C)cc1. The number of aryl methyl sites for hydroxylation is 1. The Hall–Kier alpha value is -2.66. The minimum atomic E-state index is -0.0766.